The van der Waals surface area contributed by atoms with Gasteiger partial charge in [0.25, 0.3) is 0 Å². The van der Waals surface area contributed by atoms with Gasteiger partial charge in [0, 0.05) is 40.3 Å². The molecule has 7 nitrogen and oxygen atoms in total. The van der Waals surface area contributed by atoms with Gasteiger partial charge in [0.05, 0.1) is 12.2 Å². The van der Waals surface area contributed by atoms with Gasteiger partial charge in [-0.05, 0) is 12.1 Å². The van der Waals surface area contributed by atoms with Crippen molar-refractivity contribution in [1.82, 2.24) is 25.0 Å². The van der Waals surface area contributed by atoms with Crippen molar-refractivity contribution in [1.29, 1.82) is 0 Å². The summed E-state index contributed by atoms with van der Waals surface area (Å²) in [7, 11) is 3.63. The molecule has 0 bridgehead atoms. The van der Waals surface area contributed by atoms with Crippen LogP contribution in [0.2, 0.25) is 0 Å². The van der Waals surface area contributed by atoms with Crippen LogP contribution in [0.25, 0.3) is 0 Å². The minimum Gasteiger partial charge on any atom is -0.366 e. The maximum Gasteiger partial charge on any atom is 0.194 e. The number of nitrogens with zero attached hydrogens (tertiary/aromatic N) is 6. The molecule has 1 fully saturated rings. The molecule has 1 aromatic carbocycles. The molecular formula is C16H22FN7. The lowest BCUT2D eigenvalue weighted by atomic mass is 10.2. The molecule has 0 aliphatic carbocycles. The Morgan fingerprint density at radius 1 is 1.25 bits per heavy atom. The number of hydrogen-bond donors (Lipinski definition) is 1. The number of piperazine rings is 1. The van der Waals surface area contributed by atoms with E-state index in [-0.39, 0.29) is 5.82 Å². The third-order valence-electron chi connectivity index (χ3n) is 4.19. The van der Waals surface area contributed by atoms with E-state index in [0.717, 1.165) is 38.0 Å². The zero-order valence-electron chi connectivity index (χ0n) is 14.0. The molecule has 1 aliphatic heterocycles. The highest BCUT2D eigenvalue weighted by molar-refractivity contribution is 5.80. The van der Waals surface area contributed by atoms with Crippen molar-refractivity contribution in [2.75, 3.05) is 38.1 Å². The van der Waals surface area contributed by atoms with Crippen LogP contribution < -0.4 is 10.2 Å². The summed E-state index contributed by atoms with van der Waals surface area (Å²) in [5.41, 5.74) is 0.666. The highest BCUT2D eigenvalue weighted by Gasteiger charge is 2.21. The fraction of sp³-hybridized carbons (Fsp3) is 0.438. The zero-order chi connectivity index (χ0) is 16.9. The van der Waals surface area contributed by atoms with E-state index in [0.29, 0.717) is 12.2 Å². The summed E-state index contributed by atoms with van der Waals surface area (Å²) in [6.45, 7) is 3.65. The summed E-state index contributed by atoms with van der Waals surface area (Å²) in [5.74, 6) is 1.50. The first-order chi connectivity index (χ1) is 11.7. The van der Waals surface area contributed by atoms with Crippen molar-refractivity contribution in [2.24, 2.45) is 12.0 Å². The molecule has 2 heterocycles. The molecule has 0 saturated carbocycles. The quantitative estimate of drug-likeness (QED) is 0.667. The predicted octanol–water partition coefficient (Wildman–Crippen LogP) is 0.852. The second kappa shape index (κ2) is 7.29. The van der Waals surface area contributed by atoms with E-state index in [1.807, 2.05) is 19.2 Å². The van der Waals surface area contributed by atoms with Crippen molar-refractivity contribution in [3.8, 4) is 0 Å². The minimum atomic E-state index is -0.171. The number of guanidine groups is 1. The number of hydrogen-bond acceptors (Lipinski definition) is 4. The SMILES string of the molecule is CN=C(NCc1ncnn1C)N1CCN(c2ccccc2F)CC1. The number of aromatic nitrogens is 3. The molecule has 1 aliphatic rings. The van der Waals surface area contributed by atoms with Crippen molar-refractivity contribution in [2.45, 2.75) is 6.54 Å². The summed E-state index contributed by atoms with van der Waals surface area (Å²) in [5, 5.41) is 7.36. The van der Waals surface area contributed by atoms with Crippen molar-refractivity contribution < 1.29 is 4.39 Å². The summed E-state index contributed by atoms with van der Waals surface area (Å²) in [6.07, 6.45) is 1.53. The Bertz CT molecular complexity index is 704. The second-order valence-corrected chi connectivity index (χ2v) is 5.63. The van der Waals surface area contributed by atoms with Gasteiger partial charge in [0.1, 0.15) is 18.0 Å². The highest BCUT2D eigenvalue weighted by atomic mass is 19.1. The van der Waals surface area contributed by atoms with Gasteiger partial charge < -0.3 is 15.1 Å². The third-order valence-corrected chi connectivity index (χ3v) is 4.19. The molecule has 8 heteroatoms. The number of benzene rings is 1. The molecule has 0 amide bonds. The standard InChI is InChI=1S/C16H22FN7/c1-18-16(19-11-15-20-12-21-22(15)2)24-9-7-23(8-10-24)14-6-4-3-5-13(14)17/h3-6,12H,7-11H2,1-2H3,(H,18,19). The van der Waals surface area contributed by atoms with Gasteiger partial charge in [-0.1, -0.05) is 12.1 Å². The predicted molar refractivity (Wildman–Crippen MR) is 91.4 cm³/mol. The first-order valence-corrected chi connectivity index (χ1v) is 7.97. The van der Waals surface area contributed by atoms with Crippen molar-refractivity contribution in [3.63, 3.8) is 0 Å². The van der Waals surface area contributed by atoms with Crippen LogP contribution in [0.4, 0.5) is 10.1 Å². The molecule has 1 N–H and O–H groups in total. The van der Waals surface area contributed by atoms with Crippen LogP contribution in [-0.4, -0.2) is 58.9 Å². The number of rotatable bonds is 3. The number of halogens is 1. The Morgan fingerprint density at radius 3 is 2.62 bits per heavy atom. The smallest absolute Gasteiger partial charge is 0.194 e. The molecule has 0 radical (unpaired) electrons. The number of aliphatic imine (C=N–C) groups is 1. The largest absolute Gasteiger partial charge is 0.366 e. The van der Waals surface area contributed by atoms with E-state index in [2.05, 4.69) is 30.2 Å². The Morgan fingerprint density at radius 2 is 2.00 bits per heavy atom. The van der Waals surface area contributed by atoms with Crippen LogP contribution >= 0.6 is 0 Å². The first kappa shape index (κ1) is 16.2. The molecule has 0 atom stereocenters. The van der Waals surface area contributed by atoms with Crippen LogP contribution in [0.15, 0.2) is 35.6 Å². The van der Waals surface area contributed by atoms with Crippen LogP contribution in [0.1, 0.15) is 5.82 Å². The summed E-state index contributed by atoms with van der Waals surface area (Å²) in [4.78, 5) is 12.8. The van der Waals surface area contributed by atoms with Gasteiger partial charge in [-0.2, -0.15) is 5.10 Å². The maximum absolute atomic E-state index is 13.9. The van der Waals surface area contributed by atoms with E-state index in [9.17, 15) is 4.39 Å². The van der Waals surface area contributed by atoms with Crippen molar-refractivity contribution in [3.05, 3.63) is 42.2 Å². The van der Waals surface area contributed by atoms with Crippen molar-refractivity contribution >= 4 is 11.6 Å². The second-order valence-electron chi connectivity index (χ2n) is 5.63. The summed E-state index contributed by atoms with van der Waals surface area (Å²) < 4.78 is 15.6. The van der Waals surface area contributed by atoms with E-state index in [1.54, 1.807) is 17.8 Å². The van der Waals surface area contributed by atoms with Gasteiger partial charge >= 0.3 is 0 Å². The number of anilines is 1. The third kappa shape index (κ3) is 3.47. The molecule has 24 heavy (non-hydrogen) atoms. The summed E-state index contributed by atoms with van der Waals surface area (Å²) >= 11 is 0. The Kier molecular flexibility index (Phi) is 4.93. The monoisotopic (exact) mass is 331 g/mol. The Labute approximate surface area is 140 Å². The molecule has 0 spiro atoms. The van der Waals surface area contributed by atoms with E-state index in [1.165, 1.54) is 12.4 Å². The van der Waals surface area contributed by atoms with E-state index < -0.39 is 0 Å². The van der Waals surface area contributed by atoms with Gasteiger partial charge in [0.2, 0.25) is 0 Å². The summed E-state index contributed by atoms with van der Waals surface area (Å²) in [6, 6.07) is 6.91. The van der Waals surface area contributed by atoms with Gasteiger partial charge in [-0.3, -0.25) is 9.67 Å². The zero-order valence-corrected chi connectivity index (χ0v) is 14.0. The molecule has 0 unspecified atom stereocenters. The van der Waals surface area contributed by atoms with E-state index in [4.69, 9.17) is 0 Å². The van der Waals surface area contributed by atoms with Crippen LogP contribution in [0.5, 0.6) is 0 Å². The molecule has 3 rings (SSSR count). The van der Waals surface area contributed by atoms with Crippen LogP contribution in [-0.2, 0) is 13.6 Å². The normalized spacial score (nSPS) is 15.7. The fourth-order valence-corrected chi connectivity index (χ4v) is 2.84. The topological polar surface area (TPSA) is 61.6 Å². The Balaban J connectivity index is 1.57. The average molecular weight is 331 g/mol. The molecule has 1 saturated heterocycles. The highest BCUT2D eigenvalue weighted by Crippen LogP contribution is 2.20. The van der Waals surface area contributed by atoms with Gasteiger partial charge in [-0.15, -0.1) is 0 Å². The molecule has 2 aromatic rings. The lowest BCUT2D eigenvalue weighted by Gasteiger charge is -2.37. The minimum absolute atomic E-state index is 0.171. The molecular weight excluding hydrogens is 309 g/mol. The fourth-order valence-electron chi connectivity index (χ4n) is 2.84. The number of nitrogens with one attached hydrogen (secondary N) is 1. The maximum atomic E-state index is 13.9. The van der Waals surface area contributed by atoms with Gasteiger partial charge in [-0.25, -0.2) is 9.37 Å². The first-order valence-electron chi connectivity index (χ1n) is 7.97. The average Bonchev–Trinajstić information content (AvgIpc) is 3.02. The van der Waals surface area contributed by atoms with Crippen LogP contribution in [0.3, 0.4) is 0 Å². The molecule has 1 aromatic heterocycles. The number of para-hydroxylation sites is 1. The van der Waals surface area contributed by atoms with E-state index >= 15 is 0 Å². The van der Waals surface area contributed by atoms with Gasteiger partial charge in [0.15, 0.2) is 5.96 Å². The Hall–Kier alpha value is -2.64. The number of aryl methyl sites for hydroxylation is 1. The van der Waals surface area contributed by atoms with Crippen LogP contribution in [0, 0.1) is 5.82 Å². The molecule has 128 valence electrons. The lowest BCUT2D eigenvalue weighted by Crippen LogP contribution is -2.52. The lowest BCUT2D eigenvalue weighted by molar-refractivity contribution is 0.370.